The number of hydrogen-bond acceptors (Lipinski definition) is 2. The summed E-state index contributed by atoms with van der Waals surface area (Å²) >= 11 is 0. The highest BCUT2D eigenvalue weighted by Gasteiger charge is 2.12. The molecule has 0 saturated carbocycles. The summed E-state index contributed by atoms with van der Waals surface area (Å²) in [5, 5.41) is 8.71. The maximum Gasteiger partial charge on any atom is 0.0669 e. The quantitative estimate of drug-likeness (QED) is 0.655. The van der Waals surface area contributed by atoms with Crippen LogP contribution in [0.25, 0.3) is 0 Å². The molecule has 12 heavy (non-hydrogen) atoms. The van der Waals surface area contributed by atoms with E-state index in [1.54, 1.807) is 0 Å². The lowest BCUT2D eigenvalue weighted by atomic mass is 10.1. The summed E-state index contributed by atoms with van der Waals surface area (Å²) in [6.07, 6.45) is 9.99. The van der Waals surface area contributed by atoms with Gasteiger partial charge in [0.2, 0.25) is 0 Å². The van der Waals surface area contributed by atoms with Gasteiger partial charge in [0.1, 0.15) is 0 Å². The van der Waals surface area contributed by atoms with E-state index in [4.69, 9.17) is 5.11 Å². The van der Waals surface area contributed by atoms with Gasteiger partial charge in [-0.05, 0) is 12.5 Å². The van der Waals surface area contributed by atoms with Crippen molar-refractivity contribution in [2.75, 3.05) is 6.61 Å². The summed E-state index contributed by atoms with van der Waals surface area (Å²) < 4.78 is 0. The normalized spacial score (nSPS) is 19.9. The Hall–Kier alpha value is -1.15. The highest BCUT2D eigenvalue weighted by Crippen LogP contribution is 2.24. The zero-order chi connectivity index (χ0) is 8.39. The molecular formula is C10H11NO. The first-order chi connectivity index (χ1) is 5.90. The van der Waals surface area contributed by atoms with E-state index in [0.717, 1.165) is 17.8 Å². The maximum absolute atomic E-state index is 8.71. The largest absolute Gasteiger partial charge is 0.396 e. The first kappa shape index (κ1) is 7.50. The molecule has 1 aliphatic carbocycles. The van der Waals surface area contributed by atoms with E-state index in [2.05, 4.69) is 23.2 Å². The van der Waals surface area contributed by atoms with Crippen molar-refractivity contribution in [1.29, 1.82) is 0 Å². The molecule has 0 amide bonds. The van der Waals surface area contributed by atoms with Crippen LogP contribution < -0.4 is 0 Å². The topological polar surface area (TPSA) is 32.6 Å². The van der Waals surface area contributed by atoms with Crippen LogP contribution in [0.2, 0.25) is 0 Å². The minimum absolute atomic E-state index is 0.180. The Morgan fingerprint density at radius 3 is 3.17 bits per heavy atom. The van der Waals surface area contributed by atoms with Gasteiger partial charge in [0.05, 0.1) is 5.70 Å². The lowest BCUT2D eigenvalue weighted by molar-refractivity contribution is 0.307. The molecule has 0 aromatic heterocycles. The molecule has 0 fully saturated rings. The van der Waals surface area contributed by atoms with Crippen molar-refractivity contribution in [2.24, 2.45) is 4.99 Å². The molecule has 0 spiro atoms. The lowest BCUT2D eigenvalue weighted by Crippen LogP contribution is -1.93. The molecule has 0 unspecified atom stereocenters. The zero-order valence-electron chi connectivity index (χ0n) is 6.83. The molecule has 0 aromatic carbocycles. The highest BCUT2D eigenvalue weighted by molar-refractivity contribution is 6.00. The molecular weight excluding hydrogens is 150 g/mol. The first-order valence-electron chi connectivity index (χ1n) is 4.17. The molecule has 2 rings (SSSR count). The maximum atomic E-state index is 8.71. The van der Waals surface area contributed by atoms with E-state index in [1.165, 1.54) is 5.57 Å². The zero-order valence-corrected chi connectivity index (χ0v) is 6.83. The molecule has 1 heterocycles. The number of nitrogens with zero attached hydrogens (tertiary/aromatic N) is 1. The van der Waals surface area contributed by atoms with Crippen molar-refractivity contribution >= 4 is 5.71 Å². The van der Waals surface area contributed by atoms with Gasteiger partial charge in [-0.2, -0.15) is 0 Å². The van der Waals surface area contributed by atoms with E-state index in [0.29, 0.717) is 6.42 Å². The van der Waals surface area contributed by atoms with Gasteiger partial charge in [-0.3, -0.25) is 4.99 Å². The fourth-order valence-electron chi connectivity index (χ4n) is 1.42. The van der Waals surface area contributed by atoms with Crippen LogP contribution in [0.1, 0.15) is 12.8 Å². The number of aliphatic imine (C=N–C) groups is 1. The highest BCUT2D eigenvalue weighted by atomic mass is 16.3. The van der Waals surface area contributed by atoms with Gasteiger partial charge in [-0.25, -0.2) is 0 Å². The molecule has 0 bridgehead atoms. The van der Waals surface area contributed by atoms with Crippen molar-refractivity contribution in [3.8, 4) is 0 Å². The average Bonchev–Trinajstić information content (AvgIpc) is 2.47. The third-order valence-corrected chi connectivity index (χ3v) is 1.99. The Bertz CT molecular complexity index is 308. The van der Waals surface area contributed by atoms with Gasteiger partial charge < -0.3 is 5.11 Å². The number of allylic oxidation sites excluding steroid dienone is 4. The Morgan fingerprint density at radius 2 is 2.42 bits per heavy atom. The molecule has 2 aliphatic rings. The molecule has 0 saturated heterocycles. The van der Waals surface area contributed by atoms with Crippen LogP contribution in [0.5, 0.6) is 0 Å². The van der Waals surface area contributed by atoms with E-state index in [-0.39, 0.29) is 6.61 Å². The number of rotatable bonds is 2. The summed E-state index contributed by atoms with van der Waals surface area (Å²) in [6.45, 7) is 0.180. The van der Waals surface area contributed by atoms with Crippen LogP contribution in [-0.2, 0) is 0 Å². The molecule has 0 radical (unpaired) electrons. The van der Waals surface area contributed by atoms with Crippen LogP contribution in [0.15, 0.2) is 40.6 Å². The van der Waals surface area contributed by atoms with Crippen LogP contribution in [-0.4, -0.2) is 17.4 Å². The summed E-state index contributed by atoms with van der Waals surface area (Å²) in [7, 11) is 0. The van der Waals surface area contributed by atoms with Gasteiger partial charge in [0.15, 0.2) is 0 Å². The Labute approximate surface area is 71.6 Å². The fraction of sp³-hybridized carbons (Fsp3) is 0.300. The van der Waals surface area contributed by atoms with E-state index in [9.17, 15) is 0 Å². The van der Waals surface area contributed by atoms with Crippen LogP contribution in [0.3, 0.4) is 0 Å². The Kier molecular flexibility index (Phi) is 1.92. The van der Waals surface area contributed by atoms with Gasteiger partial charge in [-0.1, -0.05) is 18.2 Å². The predicted octanol–water partition coefficient (Wildman–Crippen LogP) is 1.59. The third-order valence-electron chi connectivity index (χ3n) is 1.99. The molecule has 1 aliphatic heterocycles. The second kappa shape index (κ2) is 3.07. The first-order valence-corrected chi connectivity index (χ1v) is 4.17. The van der Waals surface area contributed by atoms with Crippen molar-refractivity contribution in [3.05, 3.63) is 35.6 Å². The van der Waals surface area contributed by atoms with Gasteiger partial charge >= 0.3 is 0 Å². The monoisotopic (exact) mass is 161 g/mol. The average molecular weight is 161 g/mol. The van der Waals surface area contributed by atoms with E-state index in [1.807, 2.05) is 6.08 Å². The summed E-state index contributed by atoms with van der Waals surface area (Å²) in [6, 6.07) is 0. The third kappa shape index (κ3) is 1.25. The summed E-state index contributed by atoms with van der Waals surface area (Å²) in [4.78, 5) is 4.37. The standard InChI is InChI=1S/C10H11NO/c12-6-5-9-7-8-3-1-2-4-10(8)11-9/h1,3-4,7,12H,2,5-6H2. The molecule has 2 heteroatoms. The number of hydrogen-bond donors (Lipinski definition) is 1. The van der Waals surface area contributed by atoms with Crippen molar-refractivity contribution in [3.63, 3.8) is 0 Å². The van der Waals surface area contributed by atoms with E-state index < -0.39 is 0 Å². The molecule has 62 valence electrons. The van der Waals surface area contributed by atoms with Crippen molar-refractivity contribution in [2.45, 2.75) is 12.8 Å². The van der Waals surface area contributed by atoms with Crippen LogP contribution >= 0.6 is 0 Å². The molecule has 0 atom stereocenters. The Morgan fingerprint density at radius 1 is 1.50 bits per heavy atom. The minimum Gasteiger partial charge on any atom is -0.396 e. The Balaban J connectivity index is 2.22. The van der Waals surface area contributed by atoms with Gasteiger partial charge in [0, 0.05) is 24.3 Å². The van der Waals surface area contributed by atoms with Crippen molar-refractivity contribution in [1.82, 2.24) is 0 Å². The van der Waals surface area contributed by atoms with Gasteiger partial charge in [0.25, 0.3) is 0 Å². The van der Waals surface area contributed by atoms with E-state index >= 15 is 0 Å². The number of aliphatic hydroxyl groups excluding tert-OH is 1. The lowest BCUT2D eigenvalue weighted by Gasteiger charge is -2.00. The van der Waals surface area contributed by atoms with Crippen LogP contribution in [0, 0.1) is 0 Å². The van der Waals surface area contributed by atoms with Gasteiger partial charge in [-0.15, -0.1) is 0 Å². The summed E-state index contributed by atoms with van der Waals surface area (Å²) in [5.74, 6) is 0. The molecule has 1 N–H and O–H groups in total. The van der Waals surface area contributed by atoms with Crippen LogP contribution in [0.4, 0.5) is 0 Å². The second-order valence-electron chi connectivity index (χ2n) is 2.90. The number of fused-ring (bicyclic) bond motifs is 1. The summed E-state index contributed by atoms with van der Waals surface area (Å²) in [5.41, 5.74) is 3.25. The van der Waals surface area contributed by atoms with Crippen molar-refractivity contribution < 1.29 is 5.11 Å². The molecule has 2 nitrogen and oxygen atoms in total. The predicted molar refractivity (Wildman–Crippen MR) is 49.1 cm³/mol. The molecule has 0 aromatic rings. The minimum atomic E-state index is 0.180. The smallest absolute Gasteiger partial charge is 0.0669 e. The number of aliphatic hydroxyl groups is 1. The fourth-order valence-corrected chi connectivity index (χ4v) is 1.42. The SMILES string of the molecule is OCCC1=NC2=CCC=CC2=C1. The second-order valence-corrected chi connectivity index (χ2v) is 2.90.